The molecule has 2 aromatic carbocycles. The molecule has 0 saturated heterocycles. The van der Waals surface area contributed by atoms with Crippen molar-refractivity contribution in [1.82, 2.24) is 0 Å². The van der Waals surface area contributed by atoms with Crippen LogP contribution in [0.5, 0.6) is 5.75 Å². The van der Waals surface area contributed by atoms with Crippen molar-refractivity contribution < 1.29 is 17.7 Å². The lowest BCUT2D eigenvalue weighted by Crippen LogP contribution is -2.09. The normalized spacial score (nSPS) is 14.2. The van der Waals surface area contributed by atoms with Crippen molar-refractivity contribution in [3.63, 3.8) is 0 Å². The summed E-state index contributed by atoms with van der Waals surface area (Å²) in [5, 5.41) is 2.91. The molecule has 4 N–H and O–H groups in total. The summed E-state index contributed by atoms with van der Waals surface area (Å²) in [4.78, 5) is 4.15. The van der Waals surface area contributed by atoms with Crippen molar-refractivity contribution in [3.05, 3.63) is 83.8 Å². The largest absolute Gasteiger partial charge is 0.496 e. The number of allylic oxidation sites excluding steroid dienone is 1. The molecule has 0 spiro atoms. The van der Waals surface area contributed by atoms with Gasteiger partial charge in [-0.1, -0.05) is 18.7 Å². The second-order valence-corrected chi connectivity index (χ2v) is 8.54. The molecule has 2 aromatic rings. The minimum absolute atomic E-state index is 0.0867. The molecular weight excluding hydrogens is 398 g/mol. The molecule has 0 aliphatic rings. The first-order valence-electron chi connectivity index (χ1n) is 8.39. The highest BCUT2D eigenvalue weighted by atomic mass is 32.2. The summed E-state index contributed by atoms with van der Waals surface area (Å²) in [6.07, 6.45) is 2.10. The highest BCUT2D eigenvalue weighted by molar-refractivity contribution is 7.90. The van der Waals surface area contributed by atoms with Crippen LogP contribution in [0, 0.1) is 10.6 Å². The molecule has 0 aliphatic heterocycles. The summed E-state index contributed by atoms with van der Waals surface area (Å²) in [7, 11) is -1.37. The van der Waals surface area contributed by atoms with Crippen LogP contribution in [0.3, 0.4) is 0 Å². The molecule has 9 heteroatoms. The first-order valence-corrected chi connectivity index (χ1v) is 10.5. The van der Waals surface area contributed by atoms with Gasteiger partial charge in [0.05, 0.1) is 12.9 Å². The van der Waals surface area contributed by atoms with E-state index in [2.05, 4.69) is 16.9 Å². The Morgan fingerprint density at radius 2 is 2.10 bits per heavy atom. The van der Waals surface area contributed by atoms with Crippen LogP contribution in [0.1, 0.15) is 11.1 Å². The highest BCUT2D eigenvalue weighted by Gasteiger charge is 2.16. The van der Waals surface area contributed by atoms with Crippen molar-refractivity contribution in [2.75, 3.05) is 18.7 Å². The molecular formula is C20H22F2N4O2S. The summed E-state index contributed by atoms with van der Waals surface area (Å²) in [5.41, 5.74) is 6.60. The van der Waals surface area contributed by atoms with Crippen molar-refractivity contribution in [2.45, 2.75) is 5.75 Å². The van der Waals surface area contributed by atoms with Crippen LogP contribution in [0.25, 0.3) is 0 Å². The van der Waals surface area contributed by atoms with E-state index in [0.717, 1.165) is 18.3 Å². The Morgan fingerprint density at radius 3 is 2.72 bits per heavy atom. The molecule has 154 valence electrons. The fourth-order valence-corrected chi connectivity index (χ4v) is 3.38. The average Bonchev–Trinajstić information content (AvgIpc) is 2.64. The fourth-order valence-electron chi connectivity index (χ4n) is 2.57. The number of benzene rings is 2. The third-order valence-electron chi connectivity index (χ3n) is 3.70. The monoisotopic (exact) mass is 420 g/mol. The van der Waals surface area contributed by atoms with E-state index in [1.165, 1.54) is 19.4 Å². The maximum Gasteiger partial charge on any atom is 0.165 e. The molecule has 0 fully saturated rings. The second kappa shape index (κ2) is 9.33. The zero-order valence-electron chi connectivity index (χ0n) is 16.0. The zero-order chi connectivity index (χ0) is 21.6. The highest BCUT2D eigenvalue weighted by Crippen LogP contribution is 2.25. The predicted octanol–water partition coefficient (Wildman–Crippen LogP) is 4.15. The molecule has 0 aliphatic carbocycles. The molecule has 29 heavy (non-hydrogen) atoms. The number of aliphatic imine (C=N–C) groups is 1. The van der Waals surface area contributed by atoms with Crippen molar-refractivity contribution >= 4 is 21.1 Å². The molecule has 0 saturated carbocycles. The fraction of sp³-hybridized carbons (Fsp3) is 0.150. The topological polar surface area (TPSA) is 101 Å². The lowest BCUT2D eigenvalue weighted by molar-refractivity contribution is 0.410. The molecule has 0 amide bonds. The Bertz CT molecular complexity index is 1080. The van der Waals surface area contributed by atoms with Crippen LogP contribution in [0.2, 0.25) is 0 Å². The molecule has 1 unspecified atom stereocenters. The number of nitrogens with one attached hydrogen (secondary N) is 2. The van der Waals surface area contributed by atoms with Gasteiger partial charge in [0.2, 0.25) is 0 Å². The van der Waals surface area contributed by atoms with Crippen molar-refractivity contribution in [1.29, 1.82) is 4.78 Å². The summed E-state index contributed by atoms with van der Waals surface area (Å²) in [6, 6.07) is 10.5. The van der Waals surface area contributed by atoms with E-state index in [-0.39, 0.29) is 28.6 Å². The lowest BCUT2D eigenvalue weighted by Gasteiger charge is -2.12. The van der Waals surface area contributed by atoms with Crippen LogP contribution in [-0.4, -0.2) is 23.3 Å². The van der Waals surface area contributed by atoms with Crippen LogP contribution in [0.4, 0.5) is 14.5 Å². The Balaban J connectivity index is 2.36. The number of hydrogen-bond acceptors (Lipinski definition) is 6. The van der Waals surface area contributed by atoms with E-state index in [1.807, 2.05) is 0 Å². The van der Waals surface area contributed by atoms with E-state index in [4.69, 9.17) is 15.3 Å². The van der Waals surface area contributed by atoms with Gasteiger partial charge < -0.3 is 15.8 Å². The van der Waals surface area contributed by atoms with Crippen molar-refractivity contribution in [3.8, 4) is 5.75 Å². The van der Waals surface area contributed by atoms with Gasteiger partial charge in [-0.15, -0.1) is 0 Å². The van der Waals surface area contributed by atoms with E-state index in [9.17, 15) is 13.0 Å². The number of hydrogen-bond donors (Lipinski definition) is 3. The van der Waals surface area contributed by atoms with Crippen LogP contribution < -0.4 is 15.8 Å². The lowest BCUT2D eigenvalue weighted by atomic mass is 10.1. The Hall–Kier alpha value is -3.20. The van der Waals surface area contributed by atoms with Gasteiger partial charge in [-0.2, -0.15) is 0 Å². The SMILES string of the molecule is C=C(N=C(/C(F)=C\N)c1ccc(F)cc1OC)Nc1cccc(CS(C)(=N)=O)c1. The zero-order valence-corrected chi connectivity index (χ0v) is 16.9. The number of nitrogens with zero attached hydrogens (tertiary/aromatic N) is 1. The summed E-state index contributed by atoms with van der Waals surface area (Å²) < 4.78 is 52.2. The number of rotatable bonds is 8. The molecule has 1 atom stereocenters. The van der Waals surface area contributed by atoms with Gasteiger partial charge in [0.25, 0.3) is 0 Å². The number of nitrogens with two attached hydrogens (primary N) is 1. The number of anilines is 1. The van der Waals surface area contributed by atoms with E-state index in [1.54, 1.807) is 24.3 Å². The average molecular weight is 420 g/mol. The number of halogens is 2. The minimum Gasteiger partial charge on any atom is -0.496 e. The van der Waals surface area contributed by atoms with Crippen molar-refractivity contribution in [2.24, 2.45) is 10.7 Å². The third kappa shape index (κ3) is 6.42. The molecule has 0 aromatic heterocycles. The molecule has 2 rings (SSSR count). The van der Waals surface area contributed by atoms with E-state index < -0.39 is 21.4 Å². The van der Waals surface area contributed by atoms with Gasteiger partial charge in [0.1, 0.15) is 23.1 Å². The molecule has 6 nitrogen and oxygen atoms in total. The van der Waals surface area contributed by atoms with Crippen LogP contribution in [-0.2, 0) is 15.5 Å². The Labute approximate surface area is 168 Å². The number of ether oxygens (including phenoxy) is 1. The smallest absolute Gasteiger partial charge is 0.165 e. The standard InChI is InChI=1S/C20H22F2N4O2S/c1-13(25-16-6-4-5-14(9-16)12-29(3,24)27)26-20(18(22)11-23)17-8-7-15(21)10-19(17)28-2/h4-11,24-25H,1,12,23H2,2-3H3/b18-11+,26-20?. The van der Waals surface area contributed by atoms with E-state index >= 15 is 0 Å². The predicted molar refractivity (Wildman–Crippen MR) is 113 cm³/mol. The first kappa shape index (κ1) is 22.1. The van der Waals surface area contributed by atoms with Gasteiger partial charge in [-0.3, -0.25) is 4.78 Å². The quantitative estimate of drug-likeness (QED) is 0.559. The maximum absolute atomic E-state index is 14.4. The Kier molecular flexibility index (Phi) is 7.11. The van der Waals surface area contributed by atoms with Gasteiger partial charge >= 0.3 is 0 Å². The van der Waals surface area contributed by atoms with Crippen LogP contribution in [0.15, 0.2) is 71.9 Å². The van der Waals surface area contributed by atoms with Gasteiger partial charge in [0, 0.05) is 39.5 Å². The minimum atomic E-state index is -2.70. The Morgan fingerprint density at radius 1 is 1.38 bits per heavy atom. The summed E-state index contributed by atoms with van der Waals surface area (Å²) in [6.45, 7) is 3.77. The van der Waals surface area contributed by atoms with Gasteiger partial charge in [-0.25, -0.2) is 18.0 Å². The second-order valence-electron chi connectivity index (χ2n) is 6.24. The summed E-state index contributed by atoms with van der Waals surface area (Å²) >= 11 is 0. The van der Waals surface area contributed by atoms with Crippen LogP contribution >= 0.6 is 0 Å². The van der Waals surface area contributed by atoms with E-state index in [0.29, 0.717) is 11.3 Å². The summed E-state index contributed by atoms with van der Waals surface area (Å²) in [5.74, 6) is -1.11. The first-order chi connectivity index (χ1) is 13.6. The maximum atomic E-state index is 14.4. The molecule has 0 heterocycles. The number of methoxy groups -OCH3 is 1. The molecule has 0 bridgehead atoms. The van der Waals surface area contributed by atoms with Gasteiger partial charge in [0.15, 0.2) is 5.83 Å². The molecule has 0 radical (unpaired) electrons. The third-order valence-corrected chi connectivity index (χ3v) is 4.58. The van der Waals surface area contributed by atoms with Gasteiger partial charge in [-0.05, 0) is 29.8 Å².